The first-order valence-corrected chi connectivity index (χ1v) is 8.12. The molecule has 1 aromatic carbocycles. The molecule has 1 atom stereocenters. The molecule has 114 valence electrons. The third kappa shape index (κ3) is 3.16. The molecule has 1 fully saturated rings. The molecule has 4 nitrogen and oxygen atoms in total. The zero-order valence-electron chi connectivity index (χ0n) is 12.1. The van der Waals surface area contributed by atoms with E-state index < -0.39 is 0 Å². The van der Waals surface area contributed by atoms with Crippen LogP contribution in [0, 0.1) is 0 Å². The lowest BCUT2D eigenvalue weighted by Gasteiger charge is -2.37. The van der Waals surface area contributed by atoms with E-state index in [0.717, 1.165) is 50.5 Å². The largest absolute Gasteiger partial charge is 0.493 e. The average Bonchev–Trinajstić information content (AvgIpc) is 2.55. The van der Waals surface area contributed by atoms with Gasteiger partial charge in [-0.2, -0.15) is 0 Å². The molecule has 1 aromatic rings. The molecule has 0 aromatic heterocycles. The number of halogens is 1. The number of hydrogen-bond acceptors (Lipinski definition) is 3. The van der Waals surface area contributed by atoms with Gasteiger partial charge in [0.15, 0.2) is 0 Å². The van der Waals surface area contributed by atoms with Gasteiger partial charge in [-0.15, -0.1) is 11.6 Å². The number of benzene rings is 1. The summed E-state index contributed by atoms with van der Waals surface area (Å²) in [5.41, 5.74) is 1.04. The molecule has 2 aliphatic heterocycles. The van der Waals surface area contributed by atoms with Gasteiger partial charge in [-0.05, 0) is 12.5 Å². The number of amides is 1. The molecule has 0 bridgehead atoms. The van der Waals surface area contributed by atoms with Gasteiger partial charge < -0.3 is 9.64 Å². The Balaban J connectivity index is 1.67. The molecule has 1 unspecified atom stereocenters. The second kappa shape index (κ2) is 6.67. The van der Waals surface area contributed by atoms with Gasteiger partial charge in [0, 0.05) is 44.2 Å². The fraction of sp³-hybridized carbons (Fsp3) is 0.562. The van der Waals surface area contributed by atoms with Crippen molar-refractivity contribution in [3.8, 4) is 5.75 Å². The van der Waals surface area contributed by atoms with E-state index in [9.17, 15) is 4.79 Å². The molecule has 2 heterocycles. The minimum absolute atomic E-state index is 0.0467. The van der Waals surface area contributed by atoms with Gasteiger partial charge in [0.1, 0.15) is 5.75 Å². The predicted molar refractivity (Wildman–Crippen MR) is 83.0 cm³/mol. The van der Waals surface area contributed by atoms with Crippen LogP contribution in [0.4, 0.5) is 0 Å². The van der Waals surface area contributed by atoms with Gasteiger partial charge in [-0.1, -0.05) is 18.2 Å². The van der Waals surface area contributed by atoms with Crippen LogP contribution in [0.3, 0.4) is 0 Å². The molecule has 0 saturated carbocycles. The summed E-state index contributed by atoms with van der Waals surface area (Å²) < 4.78 is 5.65. The monoisotopic (exact) mass is 308 g/mol. The Morgan fingerprint density at radius 1 is 1.24 bits per heavy atom. The summed E-state index contributed by atoms with van der Waals surface area (Å²) in [7, 11) is 0. The topological polar surface area (TPSA) is 32.8 Å². The van der Waals surface area contributed by atoms with Gasteiger partial charge in [-0.3, -0.25) is 9.69 Å². The summed E-state index contributed by atoms with van der Waals surface area (Å²) in [6.07, 6.45) is 0.776. The first-order chi connectivity index (χ1) is 10.3. The highest BCUT2D eigenvalue weighted by molar-refractivity contribution is 6.18. The molecule has 2 aliphatic rings. The normalized spacial score (nSPS) is 22.5. The highest BCUT2D eigenvalue weighted by Crippen LogP contribution is 2.34. The van der Waals surface area contributed by atoms with E-state index in [2.05, 4.69) is 4.90 Å². The van der Waals surface area contributed by atoms with E-state index >= 15 is 0 Å². The summed E-state index contributed by atoms with van der Waals surface area (Å²) in [5, 5.41) is 0. The third-order valence-electron chi connectivity index (χ3n) is 4.34. The van der Waals surface area contributed by atoms with Crippen molar-refractivity contribution >= 4 is 17.5 Å². The number of ether oxygens (including phenoxy) is 1. The number of fused-ring (bicyclic) bond motifs is 1. The van der Waals surface area contributed by atoms with Crippen LogP contribution in [0.25, 0.3) is 0 Å². The van der Waals surface area contributed by atoms with E-state index in [1.807, 2.05) is 29.2 Å². The Bertz CT molecular complexity index is 501. The molecule has 3 rings (SSSR count). The number of hydrogen-bond donors (Lipinski definition) is 0. The number of piperazine rings is 1. The number of alkyl halides is 1. The van der Waals surface area contributed by atoms with Crippen molar-refractivity contribution in [3.63, 3.8) is 0 Å². The number of nitrogens with zero attached hydrogens (tertiary/aromatic N) is 2. The smallest absolute Gasteiger partial charge is 0.230 e. The zero-order chi connectivity index (χ0) is 14.7. The van der Waals surface area contributed by atoms with Crippen molar-refractivity contribution in [2.45, 2.75) is 12.3 Å². The van der Waals surface area contributed by atoms with E-state index in [-0.39, 0.29) is 11.8 Å². The highest BCUT2D eigenvalue weighted by Gasteiger charge is 2.32. The molecular formula is C16H21ClN2O2. The van der Waals surface area contributed by atoms with Gasteiger partial charge in [-0.25, -0.2) is 0 Å². The van der Waals surface area contributed by atoms with Crippen LogP contribution >= 0.6 is 11.6 Å². The van der Waals surface area contributed by atoms with E-state index in [1.165, 1.54) is 0 Å². The summed E-state index contributed by atoms with van der Waals surface area (Å²) in [5.74, 6) is 1.72. The van der Waals surface area contributed by atoms with Crippen LogP contribution in [0.1, 0.15) is 17.9 Å². The minimum Gasteiger partial charge on any atom is -0.493 e. The van der Waals surface area contributed by atoms with Crippen LogP contribution in [-0.4, -0.2) is 60.9 Å². The molecule has 0 N–H and O–H groups in total. The molecule has 1 saturated heterocycles. The maximum absolute atomic E-state index is 12.8. The lowest BCUT2D eigenvalue weighted by atomic mass is 9.91. The Hall–Kier alpha value is -1.26. The zero-order valence-corrected chi connectivity index (χ0v) is 12.9. The lowest BCUT2D eigenvalue weighted by molar-refractivity contribution is -0.135. The van der Waals surface area contributed by atoms with Crippen molar-refractivity contribution in [1.29, 1.82) is 0 Å². The Kier molecular flexibility index (Phi) is 4.66. The first-order valence-electron chi connectivity index (χ1n) is 7.58. The van der Waals surface area contributed by atoms with E-state index in [1.54, 1.807) is 0 Å². The Morgan fingerprint density at radius 3 is 2.76 bits per heavy atom. The molecule has 0 aliphatic carbocycles. The Morgan fingerprint density at radius 2 is 2.00 bits per heavy atom. The van der Waals surface area contributed by atoms with Crippen LogP contribution in [0.15, 0.2) is 24.3 Å². The molecule has 5 heteroatoms. The summed E-state index contributed by atoms with van der Waals surface area (Å²) in [6.45, 7) is 4.97. The van der Waals surface area contributed by atoms with Gasteiger partial charge >= 0.3 is 0 Å². The number of para-hydroxylation sites is 1. The summed E-state index contributed by atoms with van der Waals surface area (Å²) in [6, 6.07) is 7.90. The van der Waals surface area contributed by atoms with E-state index in [4.69, 9.17) is 16.3 Å². The average molecular weight is 309 g/mol. The minimum atomic E-state index is -0.0467. The Labute approximate surface area is 130 Å². The number of rotatable bonds is 3. The number of carbonyl (C=O) groups excluding carboxylic acids is 1. The van der Waals surface area contributed by atoms with Gasteiger partial charge in [0.2, 0.25) is 5.91 Å². The van der Waals surface area contributed by atoms with Crippen LogP contribution < -0.4 is 4.74 Å². The SMILES string of the molecule is O=C(C1CCOc2ccccc21)N1CCN(CCCl)CC1. The lowest BCUT2D eigenvalue weighted by Crippen LogP contribution is -2.50. The van der Waals surface area contributed by atoms with Crippen LogP contribution in [0.5, 0.6) is 5.75 Å². The van der Waals surface area contributed by atoms with Crippen LogP contribution in [0.2, 0.25) is 0 Å². The molecule has 1 amide bonds. The maximum atomic E-state index is 12.8. The van der Waals surface area contributed by atoms with Gasteiger partial charge in [0.25, 0.3) is 0 Å². The standard InChI is InChI=1S/C16H21ClN2O2/c17-6-7-18-8-10-19(11-9-18)16(20)14-5-12-21-15-4-2-1-3-13(14)15/h1-4,14H,5-12H2. The van der Waals surface area contributed by atoms with Crippen molar-refractivity contribution in [3.05, 3.63) is 29.8 Å². The molecular weight excluding hydrogens is 288 g/mol. The fourth-order valence-electron chi connectivity index (χ4n) is 3.13. The van der Waals surface area contributed by atoms with Crippen molar-refractivity contribution < 1.29 is 9.53 Å². The molecule has 0 radical (unpaired) electrons. The van der Waals surface area contributed by atoms with Gasteiger partial charge in [0.05, 0.1) is 12.5 Å². The first kappa shape index (κ1) is 14.7. The summed E-state index contributed by atoms with van der Waals surface area (Å²) in [4.78, 5) is 17.1. The second-order valence-corrected chi connectivity index (χ2v) is 5.96. The molecule has 0 spiro atoms. The number of carbonyl (C=O) groups is 1. The van der Waals surface area contributed by atoms with Crippen molar-refractivity contribution in [2.75, 3.05) is 45.2 Å². The predicted octanol–water partition coefficient (Wildman–Crippen LogP) is 1.94. The fourth-order valence-corrected chi connectivity index (χ4v) is 3.37. The summed E-state index contributed by atoms with van der Waals surface area (Å²) >= 11 is 5.78. The maximum Gasteiger partial charge on any atom is 0.230 e. The second-order valence-electron chi connectivity index (χ2n) is 5.58. The third-order valence-corrected chi connectivity index (χ3v) is 4.51. The quantitative estimate of drug-likeness (QED) is 0.800. The van der Waals surface area contributed by atoms with Crippen molar-refractivity contribution in [1.82, 2.24) is 9.80 Å². The van der Waals surface area contributed by atoms with Crippen molar-refractivity contribution in [2.24, 2.45) is 0 Å². The molecule has 21 heavy (non-hydrogen) atoms. The highest BCUT2D eigenvalue weighted by atomic mass is 35.5. The van der Waals surface area contributed by atoms with Crippen LogP contribution in [-0.2, 0) is 4.79 Å². The van der Waals surface area contributed by atoms with E-state index in [0.29, 0.717) is 12.5 Å².